The van der Waals surface area contributed by atoms with Gasteiger partial charge in [0.15, 0.2) is 0 Å². The second-order valence-electron chi connectivity index (χ2n) is 8.93. The normalized spacial score (nSPS) is 12.6. The lowest BCUT2D eigenvalue weighted by atomic mass is 9.94. The van der Waals surface area contributed by atoms with E-state index in [1.807, 2.05) is 0 Å². The summed E-state index contributed by atoms with van der Waals surface area (Å²) in [5.41, 5.74) is -4.35. The van der Waals surface area contributed by atoms with Gasteiger partial charge in [0.05, 0.1) is 17.7 Å². The molecule has 192 valence electrons. The van der Waals surface area contributed by atoms with Gasteiger partial charge in [-0.1, -0.05) is 6.07 Å². The van der Waals surface area contributed by atoms with Crippen LogP contribution in [-0.4, -0.2) is 31.9 Å². The van der Waals surface area contributed by atoms with Gasteiger partial charge in [-0.3, -0.25) is 0 Å². The van der Waals surface area contributed by atoms with Crippen molar-refractivity contribution in [3.8, 4) is 11.1 Å². The molecule has 0 atom stereocenters. The van der Waals surface area contributed by atoms with Crippen molar-refractivity contribution in [2.75, 3.05) is 0 Å². The second kappa shape index (κ2) is 9.59. The number of carboxylic acids is 1. The number of rotatable bonds is 4. The standard InChI is InChI=1S/C24H22F5N3O4/c1-23(2,3)36-22(35)30-21-31(4)7-8-32(21)12-13-9-16(19(26)17(10-13)20(33)34)15-6-5-14(25)11-18(15)24(27,28)29/h5-11H,12H2,1-4H3,(H,33,34). The first kappa shape index (κ1) is 26.6. The van der Waals surface area contributed by atoms with E-state index in [-0.39, 0.29) is 23.8 Å². The second-order valence-corrected chi connectivity index (χ2v) is 8.93. The fourth-order valence-corrected chi connectivity index (χ4v) is 3.46. The van der Waals surface area contributed by atoms with E-state index in [1.165, 1.54) is 21.5 Å². The SMILES string of the molecule is Cn1ccn(Cc2cc(C(=O)O)c(F)c(-c3ccc(F)cc3C(F)(F)F)c2)c1=NC(=O)OC(C)(C)C. The van der Waals surface area contributed by atoms with Crippen LogP contribution in [0.15, 0.2) is 47.7 Å². The zero-order chi connectivity index (χ0) is 27.0. The summed E-state index contributed by atoms with van der Waals surface area (Å²) >= 11 is 0. The Kier molecular flexibility index (Phi) is 7.10. The summed E-state index contributed by atoms with van der Waals surface area (Å²) in [7, 11) is 1.58. The number of carboxylic acid groups (broad SMARTS) is 1. The van der Waals surface area contributed by atoms with E-state index in [4.69, 9.17) is 4.74 Å². The first-order chi connectivity index (χ1) is 16.6. The molecule has 0 radical (unpaired) electrons. The molecule has 1 N–H and O–H groups in total. The number of aryl methyl sites for hydroxylation is 1. The topological polar surface area (TPSA) is 85.8 Å². The monoisotopic (exact) mass is 511 g/mol. The maximum Gasteiger partial charge on any atom is 0.437 e. The minimum atomic E-state index is -5.03. The Labute approximate surface area is 202 Å². The van der Waals surface area contributed by atoms with Crippen LogP contribution >= 0.6 is 0 Å². The molecule has 1 aromatic heterocycles. The van der Waals surface area contributed by atoms with Crippen LogP contribution in [0, 0.1) is 11.6 Å². The summed E-state index contributed by atoms with van der Waals surface area (Å²) < 4.78 is 77.4. The molecule has 0 saturated carbocycles. The largest absolute Gasteiger partial charge is 0.478 e. The number of hydrogen-bond donors (Lipinski definition) is 1. The average Bonchev–Trinajstić information content (AvgIpc) is 3.06. The molecule has 0 unspecified atom stereocenters. The molecule has 7 nitrogen and oxygen atoms in total. The number of hydrogen-bond acceptors (Lipinski definition) is 3. The Hall–Kier alpha value is -3.96. The molecule has 3 rings (SSSR count). The van der Waals surface area contributed by atoms with Crippen molar-refractivity contribution in [3.05, 3.63) is 76.7 Å². The van der Waals surface area contributed by atoms with Gasteiger partial charge in [-0.15, -0.1) is 4.99 Å². The number of alkyl halides is 3. The maximum atomic E-state index is 15.1. The molecule has 1 amide bonds. The lowest BCUT2D eigenvalue weighted by Gasteiger charge is -2.17. The minimum Gasteiger partial charge on any atom is -0.478 e. The molecule has 0 fully saturated rings. The van der Waals surface area contributed by atoms with Crippen molar-refractivity contribution in [1.29, 1.82) is 0 Å². The molecule has 2 aromatic carbocycles. The first-order valence-electron chi connectivity index (χ1n) is 10.5. The average molecular weight is 511 g/mol. The Morgan fingerprint density at radius 2 is 1.69 bits per heavy atom. The third kappa shape index (κ3) is 5.99. The summed E-state index contributed by atoms with van der Waals surface area (Å²) in [6.45, 7) is 4.77. The molecule has 3 aromatic rings. The smallest absolute Gasteiger partial charge is 0.437 e. The lowest BCUT2D eigenvalue weighted by Crippen LogP contribution is -2.29. The van der Waals surface area contributed by atoms with Crippen LogP contribution in [-0.2, 0) is 24.5 Å². The number of amides is 1. The number of imidazole rings is 1. The first-order valence-corrected chi connectivity index (χ1v) is 10.5. The van der Waals surface area contributed by atoms with E-state index in [1.54, 1.807) is 27.8 Å². The lowest BCUT2D eigenvalue weighted by molar-refractivity contribution is -0.137. The van der Waals surface area contributed by atoms with Gasteiger partial charge in [0.25, 0.3) is 0 Å². The van der Waals surface area contributed by atoms with E-state index in [0.717, 1.165) is 24.3 Å². The van der Waals surface area contributed by atoms with Gasteiger partial charge >= 0.3 is 18.2 Å². The molecular formula is C24H22F5N3O4. The van der Waals surface area contributed by atoms with Crippen molar-refractivity contribution < 1.29 is 41.4 Å². The van der Waals surface area contributed by atoms with Crippen LogP contribution in [0.2, 0.25) is 0 Å². The number of carbonyl (C=O) groups excluding carboxylic acids is 1. The van der Waals surface area contributed by atoms with E-state index < -0.39 is 57.7 Å². The van der Waals surface area contributed by atoms with Gasteiger partial charge < -0.3 is 19.0 Å². The number of ether oxygens (including phenoxy) is 1. The van der Waals surface area contributed by atoms with Crippen molar-refractivity contribution >= 4 is 12.1 Å². The molecular weight excluding hydrogens is 489 g/mol. The van der Waals surface area contributed by atoms with Crippen LogP contribution in [0.25, 0.3) is 11.1 Å². The predicted octanol–water partition coefficient (Wildman–Crippen LogP) is 5.37. The Morgan fingerprint density at radius 1 is 1.03 bits per heavy atom. The third-order valence-electron chi connectivity index (χ3n) is 4.92. The van der Waals surface area contributed by atoms with Gasteiger partial charge in [0.2, 0.25) is 5.62 Å². The molecule has 1 heterocycles. The Balaban J connectivity index is 2.17. The van der Waals surface area contributed by atoms with Crippen LogP contribution in [0.1, 0.15) is 42.3 Å². The van der Waals surface area contributed by atoms with Gasteiger partial charge in [0.1, 0.15) is 17.2 Å². The van der Waals surface area contributed by atoms with Crippen molar-refractivity contribution in [3.63, 3.8) is 0 Å². The van der Waals surface area contributed by atoms with Crippen LogP contribution in [0.5, 0.6) is 0 Å². The number of benzene rings is 2. The number of halogens is 5. The Bertz CT molecular complexity index is 1400. The zero-order valence-corrected chi connectivity index (χ0v) is 19.7. The summed E-state index contributed by atoms with van der Waals surface area (Å²) in [4.78, 5) is 27.8. The number of carbonyl (C=O) groups is 2. The molecule has 0 spiro atoms. The summed E-state index contributed by atoms with van der Waals surface area (Å²) in [6, 6.07) is 3.69. The molecule has 0 bridgehead atoms. The molecule has 0 aliphatic heterocycles. The zero-order valence-electron chi connectivity index (χ0n) is 19.7. The third-order valence-corrected chi connectivity index (χ3v) is 4.92. The van der Waals surface area contributed by atoms with E-state index in [9.17, 15) is 32.3 Å². The van der Waals surface area contributed by atoms with E-state index in [2.05, 4.69) is 4.99 Å². The van der Waals surface area contributed by atoms with Gasteiger partial charge in [-0.2, -0.15) is 13.2 Å². The highest BCUT2D eigenvalue weighted by Crippen LogP contribution is 2.39. The highest BCUT2D eigenvalue weighted by atomic mass is 19.4. The quantitative estimate of drug-likeness (QED) is 0.477. The van der Waals surface area contributed by atoms with Crippen LogP contribution in [0.4, 0.5) is 26.7 Å². The van der Waals surface area contributed by atoms with Gasteiger partial charge in [-0.25, -0.2) is 18.4 Å². The molecule has 0 saturated heterocycles. The van der Waals surface area contributed by atoms with Crippen molar-refractivity contribution in [1.82, 2.24) is 9.13 Å². The van der Waals surface area contributed by atoms with Crippen molar-refractivity contribution in [2.45, 2.75) is 39.1 Å². The highest BCUT2D eigenvalue weighted by molar-refractivity contribution is 5.90. The number of aromatic nitrogens is 2. The van der Waals surface area contributed by atoms with Gasteiger partial charge in [0, 0.05) is 25.0 Å². The van der Waals surface area contributed by atoms with Crippen molar-refractivity contribution in [2.24, 2.45) is 12.0 Å². The predicted molar refractivity (Wildman–Crippen MR) is 118 cm³/mol. The molecule has 12 heteroatoms. The summed E-state index contributed by atoms with van der Waals surface area (Å²) in [5, 5.41) is 9.47. The van der Waals surface area contributed by atoms with Crippen LogP contribution < -0.4 is 5.62 Å². The van der Waals surface area contributed by atoms with E-state index >= 15 is 4.39 Å². The van der Waals surface area contributed by atoms with Gasteiger partial charge in [-0.05, 0) is 56.2 Å². The summed E-state index contributed by atoms with van der Waals surface area (Å²) in [5.74, 6) is -4.29. The number of nitrogens with zero attached hydrogens (tertiary/aromatic N) is 3. The van der Waals surface area contributed by atoms with E-state index in [0.29, 0.717) is 0 Å². The molecule has 36 heavy (non-hydrogen) atoms. The highest BCUT2D eigenvalue weighted by Gasteiger charge is 2.35. The van der Waals surface area contributed by atoms with Crippen LogP contribution in [0.3, 0.4) is 0 Å². The number of aromatic carboxylic acids is 1. The maximum absolute atomic E-state index is 15.1. The minimum absolute atomic E-state index is 0.0877. The fourth-order valence-electron chi connectivity index (χ4n) is 3.46. The molecule has 0 aliphatic rings. The molecule has 0 aliphatic carbocycles. The fraction of sp³-hybridized carbons (Fsp3) is 0.292. The Morgan fingerprint density at radius 3 is 2.28 bits per heavy atom. The summed E-state index contributed by atoms with van der Waals surface area (Å²) in [6.07, 6.45) is -2.90.